The molecule has 8 aromatic carbocycles. The van der Waals surface area contributed by atoms with Gasteiger partial charge in [0.1, 0.15) is 11.2 Å². The van der Waals surface area contributed by atoms with Crippen molar-refractivity contribution in [2.45, 2.75) is 0 Å². The highest BCUT2D eigenvalue weighted by atomic mass is 32.1. The molecule has 0 spiro atoms. The Morgan fingerprint density at radius 1 is 0.400 bits per heavy atom. The van der Waals surface area contributed by atoms with Crippen LogP contribution in [0.5, 0.6) is 0 Å². The maximum absolute atomic E-state index is 6.21. The standard InChI is InChI=1S/C42H25NOS/c1-2-8-29-23-30(18-15-26(29)7-1)43(32-20-22-39-37(25-32)33-9-3-5-11-38(33)44-39)31-19-16-27-13-14-28-17-21-35-34-10-4-6-12-40(34)45-42(35)41(28)36(27)24-31/h1-25H. The van der Waals surface area contributed by atoms with Crippen molar-refractivity contribution in [1.82, 2.24) is 0 Å². The van der Waals surface area contributed by atoms with Gasteiger partial charge in [0.05, 0.1) is 0 Å². The van der Waals surface area contributed by atoms with Crippen molar-refractivity contribution in [2.24, 2.45) is 0 Å². The Hall–Kier alpha value is -5.64. The molecule has 2 heterocycles. The van der Waals surface area contributed by atoms with Gasteiger partial charge in [-0.05, 0) is 81.5 Å². The number of nitrogens with zero attached hydrogens (tertiary/aromatic N) is 1. The smallest absolute Gasteiger partial charge is 0.135 e. The summed E-state index contributed by atoms with van der Waals surface area (Å²) in [5.41, 5.74) is 5.14. The Balaban J connectivity index is 1.27. The highest BCUT2D eigenvalue weighted by Gasteiger charge is 2.18. The summed E-state index contributed by atoms with van der Waals surface area (Å²) in [5, 5.41) is 12.4. The van der Waals surface area contributed by atoms with Gasteiger partial charge < -0.3 is 9.32 Å². The Bertz CT molecular complexity index is 2790. The van der Waals surface area contributed by atoms with Crippen LogP contribution in [0.2, 0.25) is 0 Å². The number of rotatable bonds is 3. The van der Waals surface area contributed by atoms with E-state index in [1.54, 1.807) is 0 Å². The fraction of sp³-hybridized carbons (Fsp3) is 0. The van der Waals surface area contributed by atoms with Crippen LogP contribution in [0.3, 0.4) is 0 Å². The third-order valence-electron chi connectivity index (χ3n) is 9.20. The molecule has 0 aliphatic carbocycles. The zero-order valence-corrected chi connectivity index (χ0v) is 25.0. The van der Waals surface area contributed by atoms with Gasteiger partial charge in [-0.1, -0.05) is 97.1 Å². The van der Waals surface area contributed by atoms with E-state index in [1.165, 1.54) is 52.5 Å². The Labute approximate surface area is 263 Å². The Morgan fingerprint density at radius 3 is 1.93 bits per heavy atom. The molecule has 0 saturated carbocycles. The number of hydrogen-bond donors (Lipinski definition) is 0. The number of thiophene rings is 1. The molecule has 0 atom stereocenters. The molecule has 10 rings (SSSR count). The van der Waals surface area contributed by atoms with Gasteiger partial charge in [-0.3, -0.25) is 0 Å². The lowest BCUT2D eigenvalue weighted by atomic mass is 9.98. The second-order valence-electron chi connectivity index (χ2n) is 11.8. The van der Waals surface area contributed by atoms with Crippen molar-refractivity contribution in [1.29, 1.82) is 0 Å². The molecule has 0 N–H and O–H groups in total. The summed E-state index contributed by atoms with van der Waals surface area (Å²) in [7, 11) is 0. The van der Waals surface area contributed by atoms with Gasteiger partial charge in [0.25, 0.3) is 0 Å². The molecule has 0 fully saturated rings. The average molecular weight is 592 g/mol. The van der Waals surface area contributed by atoms with Crippen LogP contribution >= 0.6 is 11.3 Å². The number of anilines is 3. The van der Waals surface area contributed by atoms with Gasteiger partial charge in [0, 0.05) is 53.4 Å². The van der Waals surface area contributed by atoms with Crippen molar-refractivity contribution in [2.75, 3.05) is 4.90 Å². The van der Waals surface area contributed by atoms with E-state index < -0.39 is 0 Å². The van der Waals surface area contributed by atoms with Gasteiger partial charge in [0.2, 0.25) is 0 Å². The molecule has 2 nitrogen and oxygen atoms in total. The van der Waals surface area contributed by atoms with Crippen molar-refractivity contribution < 1.29 is 4.42 Å². The molecule has 2 aromatic heterocycles. The van der Waals surface area contributed by atoms with Crippen molar-refractivity contribution in [3.05, 3.63) is 152 Å². The molecular weight excluding hydrogens is 567 g/mol. The number of fused-ring (bicyclic) bond motifs is 11. The summed E-state index contributed by atoms with van der Waals surface area (Å²) in [6.45, 7) is 0. The zero-order chi connectivity index (χ0) is 29.5. The maximum Gasteiger partial charge on any atom is 0.135 e. The normalized spacial score (nSPS) is 12.0. The van der Waals surface area contributed by atoms with Gasteiger partial charge in [-0.2, -0.15) is 0 Å². The van der Waals surface area contributed by atoms with E-state index in [-0.39, 0.29) is 0 Å². The van der Waals surface area contributed by atoms with Crippen LogP contribution in [0.1, 0.15) is 0 Å². The third-order valence-corrected chi connectivity index (χ3v) is 10.4. The first-order valence-electron chi connectivity index (χ1n) is 15.3. The first-order valence-corrected chi connectivity index (χ1v) is 16.1. The summed E-state index contributed by atoms with van der Waals surface area (Å²) in [5.74, 6) is 0. The highest BCUT2D eigenvalue weighted by Crippen LogP contribution is 2.44. The molecule has 3 heteroatoms. The summed E-state index contributed by atoms with van der Waals surface area (Å²) in [6, 6.07) is 54.9. The fourth-order valence-electron chi connectivity index (χ4n) is 7.06. The Kier molecular flexibility index (Phi) is 5.19. The van der Waals surface area contributed by atoms with Crippen molar-refractivity contribution in [3.8, 4) is 0 Å². The quantitative estimate of drug-likeness (QED) is 0.190. The minimum Gasteiger partial charge on any atom is -0.456 e. The predicted molar refractivity (Wildman–Crippen MR) is 194 cm³/mol. The van der Waals surface area contributed by atoms with E-state index in [9.17, 15) is 0 Å². The van der Waals surface area contributed by atoms with Crippen LogP contribution in [0, 0.1) is 0 Å². The van der Waals surface area contributed by atoms with Crippen molar-refractivity contribution in [3.63, 3.8) is 0 Å². The maximum atomic E-state index is 6.21. The number of para-hydroxylation sites is 1. The molecule has 10 aromatic rings. The fourth-order valence-corrected chi connectivity index (χ4v) is 8.33. The van der Waals surface area contributed by atoms with Crippen LogP contribution in [0.15, 0.2) is 156 Å². The van der Waals surface area contributed by atoms with E-state index >= 15 is 0 Å². The van der Waals surface area contributed by atoms with E-state index in [4.69, 9.17) is 4.42 Å². The van der Waals surface area contributed by atoms with E-state index in [2.05, 4.69) is 144 Å². The van der Waals surface area contributed by atoms with Gasteiger partial charge >= 0.3 is 0 Å². The monoisotopic (exact) mass is 591 g/mol. The molecule has 0 aliphatic rings. The molecule has 0 radical (unpaired) electrons. The van der Waals surface area contributed by atoms with Crippen LogP contribution in [-0.2, 0) is 0 Å². The summed E-state index contributed by atoms with van der Waals surface area (Å²) < 4.78 is 8.88. The van der Waals surface area contributed by atoms with Gasteiger partial charge in [-0.15, -0.1) is 11.3 Å². The van der Waals surface area contributed by atoms with Crippen LogP contribution in [0.25, 0.3) is 74.4 Å². The first-order chi connectivity index (χ1) is 22.3. The van der Waals surface area contributed by atoms with E-state index in [0.29, 0.717) is 0 Å². The van der Waals surface area contributed by atoms with E-state index in [0.717, 1.165) is 39.0 Å². The molecular formula is C42H25NOS. The van der Waals surface area contributed by atoms with Crippen LogP contribution < -0.4 is 4.90 Å². The highest BCUT2D eigenvalue weighted by molar-refractivity contribution is 7.26. The summed E-state index contributed by atoms with van der Waals surface area (Å²) in [6.07, 6.45) is 0. The molecule has 45 heavy (non-hydrogen) atoms. The zero-order valence-electron chi connectivity index (χ0n) is 24.2. The minimum atomic E-state index is 0.898. The van der Waals surface area contributed by atoms with Crippen LogP contribution in [-0.4, -0.2) is 0 Å². The lowest BCUT2D eigenvalue weighted by Gasteiger charge is -2.26. The second kappa shape index (κ2) is 9.43. The molecule has 0 unspecified atom stereocenters. The number of furan rings is 1. The predicted octanol–water partition coefficient (Wildman–Crippen LogP) is 12.9. The van der Waals surface area contributed by atoms with Crippen molar-refractivity contribution >= 4 is 103 Å². The molecule has 0 saturated heterocycles. The summed E-state index contributed by atoms with van der Waals surface area (Å²) >= 11 is 1.89. The number of benzene rings is 8. The minimum absolute atomic E-state index is 0.898. The topological polar surface area (TPSA) is 16.4 Å². The lowest BCUT2D eigenvalue weighted by molar-refractivity contribution is 0.669. The SMILES string of the molecule is c1ccc2cc(N(c3ccc4oc5ccccc5c4c3)c3ccc4ccc5ccc6c7ccccc7sc6c5c4c3)ccc2c1. The molecule has 210 valence electrons. The van der Waals surface area contributed by atoms with E-state index in [1.807, 2.05) is 23.5 Å². The first kappa shape index (κ1) is 24.8. The molecule has 0 aliphatic heterocycles. The Morgan fingerprint density at radius 2 is 1.02 bits per heavy atom. The average Bonchev–Trinajstić information content (AvgIpc) is 3.66. The third kappa shape index (κ3) is 3.75. The van der Waals surface area contributed by atoms with Gasteiger partial charge in [0.15, 0.2) is 0 Å². The molecule has 0 amide bonds. The molecule has 0 bridgehead atoms. The summed E-state index contributed by atoms with van der Waals surface area (Å²) in [4.78, 5) is 2.39. The number of hydrogen-bond acceptors (Lipinski definition) is 3. The largest absolute Gasteiger partial charge is 0.456 e. The van der Waals surface area contributed by atoms with Crippen LogP contribution in [0.4, 0.5) is 17.1 Å². The second-order valence-corrected chi connectivity index (χ2v) is 12.8. The van der Waals surface area contributed by atoms with Gasteiger partial charge in [-0.25, -0.2) is 0 Å². The lowest BCUT2D eigenvalue weighted by Crippen LogP contribution is -2.09.